The van der Waals surface area contributed by atoms with Crippen molar-refractivity contribution in [3.63, 3.8) is 0 Å². The molecule has 0 spiro atoms. The molecule has 1 unspecified atom stereocenters. The molecule has 1 aromatic heterocycles. The van der Waals surface area contributed by atoms with E-state index in [-0.39, 0.29) is 22.7 Å². The highest BCUT2D eigenvalue weighted by Gasteiger charge is 2.29. The van der Waals surface area contributed by atoms with Gasteiger partial charge in [0.05, 0.1) is 12.7 Å². The van der Waals surface area contributed by atoms with Crippen molar-refractivity contribution in [3.8, 4) is 5.75 Å². The van der Waals surface area contributed by atoms with E-state index in [1.165, 1.54) is 11.3 Å². The summed E-state index contributed by atoms with van der Waals surface area (Å²) in [4.78, 5) is 27.4. The van der Waals surface area contributed by atoms with Crippen molar-refractivity contribution in [2.45, 2.75) is 18.8 Å². The standard InChI is InChI=1S/C22H21ClN4O3S/c1-30-18-7-3-2-6-17(18)22(29)27-12-4-5-14(13-27)20-25-26-21(31-20)19(28)24-16-10-8-15(23)9-11-16/h2-3,6-11,14H,4-5,12-13H2,1H3,(H,24,28). The molecule has 160 valence electrons. The molecule has 1 aliphatic heterocycles. The minimum atomic E-state index is -0.316. The van der Waals surface area contributed by atoms with Crippen LogP contribution in [0.2, 0.25) is 5.02 Å². The van der Waals surface area contributed by atoms with Crippen LogP contribution in [0.25, 0.3) is 0 Å². The normalized spacial score (nSPS) is 16.1. The molecule has 1 fully saturated rings. The molecule has 1 aliphatic rings. The lowest BCUT2D eigenvalue weighted by molar-refractivity contribution is 0.0703. The number of likely N-dealkylation sites (tertiary alicyclic amines) is 1. The fourth-order valence-electron chi connectivity index (χ4n) is 3.56. The van der Waals surface area contributed by atoms with Gasteiger partial charge < -0.3 is 15.0 Å². The van der Waals surface area contributed by atoms with Gasteiger partial charge in [0, 0.05) is 29.7 Å². The third-order valence-electron chi connectivity index (χ3n) is 5.13. The number of nitrogens with one attached hydrogen (secondary N) is 1. The highest BCUT2D eigenvalue weighted by Crippen LogP contribution is 2.31. The SMILES string of the molecule is COc1ccccc1C(=O)N1CCCC(c2nnc(C(=O)Nc3ccc(Cl)cc3)s2)C1. The first-order chi connectivity index (χ1) is 15.0. The molecule has 0 aliphatic carbocycles. The average molecular weight is 457 g/mol. The summed E-state index contributed by atoms with van der Waals surface area (Å²) in [6, 6.07) is 14.1. The summed E-state index contributed by atoms with van der Waals surface area (Å²) in [6.45, 7) is 1.21. The number of nitrogens with zero attached hydrogens (tertiary/aromatic N) is 3. The summed E-state index contributed by atoms with van der Waals surface area (Å²) in [5, 5.41) is 12.8. The van der Waals surface area contributed by atoms with Crippen LogP contribution in [-0.2, 0) is 0 Å². The Bertz CT molecular complexity index is 1090. The maximum Gasteiger partial charge on any atom is 0.286 e. The first kappa shape index (κ1) is 21.3. The summed E-state index contributed by atoms with van der Waals surface area (Å²) in [5.41, 5.74) is 1.18. The van der Waals surface area contributed by atoms with Crippen LogP contribution in [0.5, 0.6) is 5.75 Å². The number of anilines is 1. The van der Waals surface area contributed by atoms with Crippen molar-refractivity contribution in [1.82, 2.24) is 15.1 Å². The number of piperidine rings is 1. The molecule has 31 heavy (non-hydrogen) atoms. The zero-order chi connectivity index (χ0) is 21.8. The second kappa shape index (κ2) is 9.45. The second-order valence-electron chi connectivity index (χ2n) is 7.20. The third kappa shape index (κ3) is 4.86. The highest BCUT2D eigenvalue weighted by atomic mass is 35.5. The van der Waals surface area contributed by atoms with Crippen LogP contribution >= 0.6 is 22.9 Å². The van der Waals surface area contributed by atoms with Crippen molar-refractivity contribution in [2.75, 3.05) is 25.5 Å². The number of rotatable bonds is 5. The lowest BCUT2D eigenvalue weighted by Crippen LogP contribution is -2.39. The smallest absolute Gasteiger partial charge is 0.286 e. The van der Waals surface area contributed by atoms with Gasteiger partial charge in [0.25, 0.3) is 11.8 Å². The predicted octanol–water partition coefficient (Wildman–Crippen LogP) is 4.47. The summed E-state index contributed by atoms with van der Waals surface area (Å²) < 4.78 is 5.33. The first-order valence-corrected chi connectivity index (χ1v) is 11.1. The van der Waals surface area contributed by atoms with Crippen molar-refractivity contribution < 1.29 is 14.3 Å². The number of hydrogen-bond acceptors (Lipinski definition) is 6. The molecule has 3 aromatic rings. The number of para-hydroxylation sites is 1. The van der Waals surface area contributed by atoms with Gasteiger partial charge in [0.15, 0.2) is 0 Å². The van der Waals surface area contributed by atoms with Gasteiger partial charge in [-0.2, -0.15) is 0 Å². The molecule has 0 radical (unpaired) electrons. The van der Waals surface area contributed by atoms with E-state index in [1.54, 1.807) is 43.5 Å². The van der Waals surface area contributed by atoms with Crippen LogP contribution in [0.1, 0.15) is 43.9 Å². The summed E-state index contributed by atoms with van der Waals surface area (Å²) in [5.74, 6) is 0.227. The van der Waals surface area contributed by atoms with Crippen molar-refractivity contribution in [2.24, 2.45) is 0 Å². The van der Waals surface area contributed by atoms with Crippen LogP contribution in [-0.4, -0.2) is 47.1 Å². The van der Waals surface area contributed by atoms with Crippen LogP contribution in [0.15, 0.2) is 48.5 Å². The lowest BCUT2D eigenvalue weighted by Gasteiger charge is -2.32. The van der Waals surface area contributed by atoms with E-state index in [2.05, 4.69) is 15.5 Å². The summed E-state index contributed by atoms with van der Waals surface area (Å²) in [6.07, 6.45) is 1.75. The van der Waals surface area contributed by atoms with E-state index in [9.17, 15) is 9.59 Å². The quantitative estimate of drug-likeness (QED) is 0.612. The maximum absolute atomic E-state index is 13.0. The Labute approximate surface area is 189 Å². The van der Waals surface area contributed by atoms with Gasteiger partial charge in [0.2, 0.25) is 5.01 Å². The highest BCUT2D eigenvalue weighted by molar-refractivity contribution is 7.13. The van der Waals surface area contributed by atoms with Crippen molar-refractivity contribution in [3.05, 3.63) is 69.1 Å². The minimum absolute atomic E-state index is 0.0435. The van der Waals surface area contributed by atoms with Gasteiger partial charge in [-0.3, -0.25) is 9.59 Å². The Morgan fingerprint density at radius 2 is 1.94 bits per heavy atom. The number of carbonyl (C=O) groups is 2. The molecule has 1 atom stereocenters. The molecule has 2 heterocycles. The molecule has 0 bridgehead atoms. The predicted molar refractivity (Wildman–Crippen MR) is 120 cm³/mol. The van der Waals surface area contributed by atoms with E-state index < -0.39 is 0 Å². The number of ether oxygens (including phenoxy) is 1. The molecule has 2 amide bonds. The monoisotopic (exact) mass is 456 g/mol. The first-order valence-electron chi connectivity index (χ1n) is 9.88. The zero-order valence-electron chi connectivity index (χ0n) is 16.9. The fourth-order valence-corrected chi connectivity index (χ4v) is 4.55. The molecule has 7 nitrogen and oxygen atoms in total. The Kier molecular flexibility index (Phi) is 6.48. The summed E-state index contributed by atoms with van der Waals surface area (Å²) in [7, 11) is 1.56. The Morgan fingerprint density at radius 1 is 1.16 bits per heavy atom. The Balaban J connectivity index is 1.44. The molecule has 1 saturated heterocycles. The van der Waals surface area contributed by atoms with Gasteiger partial charge in [-0.1, -0.05) is 35.1 Å². The van der Waals surface area contributed by atoms with Crippen LogP contribution in [0.3, 0.4) is 0 Å². The number of benzene rings is 2. The number of amides is 2. The van der Waals surface area contributed by atoms with Gasteiger partial charge in [-0.25, -0.2) is 0 Å². The number of aromatic nitrogens is 2. The Hall–Kier alpha value is -2.97. The van der Waals surface area contributed by atoms with Gasteiger partial charge >= 0.3 is 0 Å². The van der Waals surface area contributed by atoms with E-state index in [0.29, 0.717) is 35.1 Å². The number of hydrogen-bond donors (Lipinski definition) is 1. The van der Waals surface area contributed by atoms with Crippen LogP contribution in [0, 0.1) is 0 Å². The topological polar surface area (TPSA) is 84.4 Å². The van der Waals surface area contributed by atoms with Crippen LogP contribution < -0.4 is 10.1 Å². The summed E-state index contributed by atoms with van der Waals surface area (Å²) >= 11 is 7.14. The molecule has 4 rings (SSSR count). The minimum Gasteiger partial charge on any atom is -0.496 e. The van der Waals surface area contributed by atoms with E-state index in [4.69, 9.17) is 16.3 Å². The van der Waals surface area contributed by atoms with Crippen molar-refractivity contribution in [1.29, 1.82) is 0 Å². The van der Waals surface area contributed by atoms with Crippen LogP contribution in [0.4, 0.5) is 5.69 Å². The van der Waals surface area contributed by atoms with E-state index in [0.717, 1.165) is 17.8 Å². The Morgan fingerprint density at radius 3 is 2.71 bits per heavy atom. The molecule has 9 heteroatoms. The molecular formula is C22H21ClN4O3S. The van der Waals surface area contributed by atoms with Gasteiger partial charge in [-0.05, 0) is 49.2 Å². The van der Waals surface area contributed by atoms with E-state index >= 15 is 0 Å². The van der Waals surface area contributed by atoms with Gasteiger partial charge in [0.1, 0.15) is 10.8 Å². The fraction of sp³-hybridized carbons (Fsp3) is 0.273. The third-order valence-corrected chi connectivity index (χ3v) is 6.47. The van der Waals surface area contributed by atoms with Gasteiger partial charge in [-0.15, -0.1) is 10.2 Å². The molecule has 0 saturated carbocycles. The number of halogens is 1. The maximum atomic E-state index is 13.0. The zero-order valence-corrected chi connectivity index (χ0v) is 18.4. The largest absolute Gasteiger partial charge is 0.496 e. The van der Waals surface area contributed by atoms with E-state index in [1.807, 2.05) is 17.0 Å². The second-order valence-corrected chi connectivity index (χ2v) is 8.64. The molecule has 2 aromatic carbocycles. The molecule has 1 N–H and O–H groups in total. The van der Waals surface area contributed by atoms with Crippen molar-refractivity contribution >= 4 is 40.4 Å². The number of carbonyl (C=O) groups excluding carboxylic acids is 2. The average Bonchev–Trinajstić information content (AvgIpc) is 3.31. The lowest BCUT2D eigenvalue weighted by atomic mass is 9.98. The number of methoxy groups -OCH3 is 1. The molecular weight excluding hydrogens is 436 g/mol.